The summed E-state index contributed by atoms with van der Waals surface area (Å²) in [6, 6.07) is 0. The highest BCUT2D eigenvalue weighted by Gasteiger charge is 2.82. The molecule has 0 aromatic carbocycles. The average molecular weight is 832 g/mol. The molecule has 0 atom stereocenters. The Bertz CT molecular complexity index is 1270. The Kier molecular flexibility index (Phi) is 10.8. The first-order valence-corrected chi connectivity index (χ1v) is 11.9. The minimum absolute atomic E-state index is 2.42. The monoisotopic (exact) mass is 832 g/mol. The Hall–Kier alpha value is -2.31. The fourth-order valence-corrected chi connectivity index (χ4v) is 4.84. The van der Waals surface area contributed by atoms with Crippen molar-refractivity contribution in [2.75, 3.05) is 0 Å². The average Bonchev–Trinajstić information content (AvgIpc) is 2.79. The fourth-order valence-electron chi connectivity index (χ4n) is 2.81. The lowest BCUT2D eigenvalue weighted by molar-refractivity contribution is -0.362. The topological polar surface area (TPSA) is 30.2 Å². The first-order chi connectivity index (χ1) is 20.8. The number of alkyl halides is 28. The summed E-state index contributed by atoms with van der Waals surface area (Å²) in [5, 5.41) is -15.5. The van der Waals surface area contributed by atoms with E-state index in [1.165, 1.54) is 0 Å². The molecule has 0 aliphatic carbocycles. The summed E-state index contributed by atoms with van der Waals surface area (Å²) in [5.74, 6) is -10.5. The van der Waals surface area contributed by atoms with Gasteiger partial charge in [0.2, 0.25) is 5.43 Å². The zero-order valence-electron chi connectivity index (χ0n) is 20.7. The number of hydrogen-bond donors (Lipinski definition) is 0. The standard InChI is InChI=1S/C17F28O2S2/c18-6(10(22,23)24,11(25,26)27)4-2(48-8(20,14(34,35)36)15(37,38)39)1(46)3(49-9(21,16(40,41)42)17(43,44)45)5(47-4)7(19,12(28,29)30)13(31,32)33. The van der Waals surface area contributed by atoms with Crippen molar-refractivity contribution in [2.45, 2.75) is 80.5 Å². The van der Waals surface area contributed by atoms with Crippen LogP contribution in [0.4, 0.5) is 123 Å². The third kappa shape index (κ3) is 6.99. The molecule has 0 saturated heterocycles. The second-order valence-corrected chi connectivity index (χ2v) is 10.8. The van der Waals surface area contributed by atoms with Crippen molar-refractivity contribution in [3.63, 3.8) is 0 Å². The van der Waals surface area contributed by atoms with Crippen LogP contribution < -0.4 is 5.43 Å². The molecule has 2 nitrogen and oxygen atoms in total. The van der Waals surface area contributed by atoms with Crippen LogP contribution in [0.15, 0.2) is 19.0 Å². The predicted molar refractivity (Wildman–Crippen MR) is 98.4 cm³/mol. The first-order valence-electron chi connectivity index (χ1n) is 10.2. The van der Waals surface area contributed by atoms with Gasteiger partial charge in [0.15, 0.2) is 11.5 Å². The fraction of sp³-hybridized carbons (Fsp3) is 0.706. The Morgan fingerprint density at radius 3 is 0.653 bits per heavy atom. The van der Waals surface area contributed by atoms with Crippen molar-refractivity contribution in [3.05, 3.63) is 21.7 Å². The van der Waals surface area contributed by atoms with Crippen LogP contribution in [0, 0.1) is 0 Å². The molecule has 0 bridgehead atoms. The molecular weight excluding hydrogens is 832 g/mol. The summed E-state index contributed by atoms with van der Waals surface area (Å²) in [6.45, 7) is 0. The van der Waals surface area contributed by atoms with Crippen LogP contribution in [0.5, 0.6) is 0 Å². The summed E-state index contributed by atoms with van der Waals surface area (Å²) in [6.07, 6.45) is -65.1. The molecule has 0 N–H and O–H groups in total. The van der Waals surface area contributed by atoms with Gasteiger partial charge in [0.1, 0.15) is 9.79 Å². The van der Waals surface area contributed by atoms with E-state index >= 15 is 0 Å². The number of rotatable bonds is 6. The normalized spacial score (nSPS) is 16.0. The van der Waals surface area contributed by atoms with Gasteiger partial charge in [-0.3, -0.25) is 4.79 Å². The summed E-state index contributed by atoms with van der Waals surface area (Å²) >= 11 is -7.48. The van der Waals surface area contributed by atoms with Crippen LogP contribution in [0.2, 0.25) is 0 Å². The molecule has 0 saturated carbocycles. The molecule has 0 unspecified atom stereocenters. The van der Waals surface area contributed by atoms with Gasteiger partial charge in [-0.15, -0.1) is 0 Å². The second-order valence-electron chi connectivity index (χ2n) is 8.44. The lowest BCUT2D eigenvalue weighted by Crippen LogP contribution is -2.55. The van der Waals surface area contributed by atoms with Gasteiger partial charge in [-0.25, -0.2) is 17.6 Å². The highest BCUT2D eigenvalue weighted by atomic mass is 32.2. The molecule has 0 fully saturated rings. The molecule has 0 radical (unpaired) electrons. The van der Waals surface area contributed by atoms with Gasteiger partial charge < -0.3 is 4.42 Å². The molecule has 32 heteroatoms. The van der Waals surface area contributed by atoms with Crippen LogP contribution in [-0.2, 0) is 11.3 Å². The van der Waals surface area contributed by atoms with Crippen LogP contribution in [0.25, 0.3) is 0 Å². The maximum absolute atomic E-state index is 14.8. The van der Waals surface area contributed by atoms with Crippen molar-refractivity contribution in [1.82, 2.24) is 0 Å². The predicted octanol–water partition coefficient (Wildman–Crippen LogP) is 11.0. The highest BCUT2D eigenvalue weighted by molar-refractivity contribution is 8.01. The molecule has 288 valence electrons. The van der Waals surface area contributed by atoms with Crippen LogP contribution >= 0.6 is 23.5 Å². The SMILES string of the molecule is O=c1c(SC(F)(C(F)(F)F)C(F)(F)F)c(C(F)(C(F)(F)F)C(F)(F)F)oc(C(F)(C(F)(F)F)C(F)(F)F)c1SC(F)(C(F)(F)F)C(F)(F)F. The van der Waals surface area contributed by atoms with Gasteiger partial charge in [0, 0.05) is 0 Å². The Morgan fingerprint density at radius 2 is 0.510 bits per heavy atom. The molecule has 1 aromatic heterocycles. The van der Waals surface area contributed by atoms with Gasteiger partial charge in [-0.1, -0.05) is 23.5 Å². The minimum atomic E-state index is -8.32. The molecule has 1 aromatic rings. The molecule has 1 heterocycles. The summed E-state index contributed by atoms with van der Waals surface area (Å²) in [4.78, 5) is 3.29. The Morgan fingerprint density at radius 1 is 0.327 bits per heavy atom. The lowest BCUT2D eigenvalue weighted by Gasteiger charge is -2.36. The van der Waals surface area contributed by atoms with Gasteiger partial charge in [0.25, 0.3) is 0 Å². The van der Waals surface area contributed by atoms with Crippen molar-refractivity contribution >= 4 is 23.5 Å². The van der Waals surface area contributed by atoms with E-state index < -0.39 is 121 Å². The third-order valence-electron chi connectivity index (χ3n) is 5.16. The van der Waals surface area contributed by atoms with Crippen LogP contribution in [0.3, 0.4) is 0 Å². The Balaban J connectivity index is 5.13. The van der Waals surface area contributed by atoms with E-state index in [9.17, 15) is 128 Å². The molecule has 0 amide bonds. The van der Waals surface area contributed by atoms with Gasteiger partial charge in [-0.05, 0) is 0 Å². The zero-order chi connectivity index (χ0) is 40.0. The maximum Gasteiger partial charge on any atom is 0.441 e. The van der Waals surface area contributed by atoms with Crippen molar-refractivity contribution in [2.24, 2.45) is 0 Å². The molecular formula is C17F28O2S2. The lowest BCUT2D eigenvalue weighted by atomic mass is 9.97. The van der Waals surface area contributed by atoms with E-state index in [0.29, 0.717) is 0 Å². The smallest absolute Gasteiger partial charge is 0.441 e. The van der Waals surface area contributed by atoms with Gasteiger partial charge in [0.05, 0.1) is 0 Å². The van der Waals surface area contributed by atoms with E-state index in [1.54, 1.807) is 0 Å². The van der Waals surface area contributed by atoms with E-state index in [0.717, 1.165) is 0 Å². The molecule has 0 aliphatic heterocycles. The van der Waals surface area contributed by atoms with Crippen molar-refractivity contribution < 1.29 is 127 Å². The Labute approximate surface area is 254 Å². The molecule has 1 rings (SSSR count). The highest BCUT2D eigenvalue weighted by Crippen LogP contribution is 2.64. The largest absolute Gasteiger partial charge is 0.455 e. The quantitative estimate of drug-likeness (QED) is 0.211. The third-order valence-corrected chi connectivity index (χ3v) is 7.80. The minimum Gasteiger partial charge on any atom is -0.455 e. The van der Waals surface area contributed by atoms with E-state index in [-0.39, 0.29) is 0 Å². The van der Waals surface area contributed by atoms with Gasteiger partial charge >= 0.3 is 70.7 Å². The molecule has 49 heavy (non-hydrogen) atoms. The second kappa shape index (κ2) is 11.9. The zero-order valence-corrected chi connectivity index (χ0v) is 22.3. The molecule has 0 spiro atoms. The van der Waals surface area contributed by atoms with E-state index in [1.807, 2.05) is 0 Å². The number of hydrogen-bond acceptors (Lipinski definition) is 4. The van der Waals surface area contributed by atoms with Crippen LogP contribution in [-0.4, -0.2) is 59.4 Å². The van der Waals surface area contributed by atoms with E-state index in [2.05, 4.69) is 4.42 Å². The summed E-state index contributed by atoms with van der Waals surface area (Å²) < 4.78 is 378. The molecule has 0 aliphatic rings. The summed E-state index contributed by atoms with van der Waals surface area (Å²) in [5.41, 5.74) is -21.5. The van der Waals surface area contributed by atoms with Crippen molar-refractivity contribution in [3.8, 4) is 0 Å². The summed E-state index contributed by atoms with van der Waals surface area (Å²) in [7, 11) is 0. The van der Waals surface area contributed by atoms with E-state index in [4.69, 9.17) is 0 Å². The first kappa shape index (κ1) is 44.7. The maximum atomic E-state index is 14.8. The van der Waals surface area contributed by atoms with Crippen molar-refractivity contribution in [1.29, 1.82) is 0 Å². The number of halogens is 28. The van der Waals surface area contributed by atoms with Gasteiger partial charge in [-0.2, -0.15) is 105 Å². The number of thioether (sulfide) groups is 2. The van der Waals surface area contributed by atoms with Crippen LogP contribution in [0.1, 0.15) is 11.5 Å².